The van der Waals surface area contributed by atoms with Crippen LogP contribution in [0, 0.1) is 0 Å². The molecule has 1 aromatic rings. The van der Waals surface area contributed by atoms with E-state index < -0.39 is 0 Å². The van der Waals surface area contributed by atoms with Gasteiger partial charge in [-0.25, -0.2) is 0 Å². The van der Waals surface area contributed by atoms with E-state index in [4.69, 9.17) is 0 Å². The normalized spacial score (nSPS) is 18.4. The van der Waals surface area contributed by atoms with Crippen molar-refractivity contribution in [3.63, 3.8) is 0 Å². The lowest BCUT2D eigenvalue weighted by Crippen LogP contribution is -2.44. The molecule has 0 bridgehead atoms. The molecule has 0 aliphatic carbocycles. The van der Waals surface area contributed by atoms with E-state index in [1.165, 1.54) is 31.5 Å². The van der Waals surface area contributed by atoms with E-state index in [-0.39, 0.29) is 6.61 Å². The summed E-state index contributed by atoms with van der Waals surface area (Å²) in [4.78, 5) is 4.82. The van der Waals surface area contributed by atoms with Crippen LogP contribution in [0.25, 0.3) is 0 Å². The van der Waals surface area contributed by atoms with Crippen molar-refractivity contribution in [3.05, 3.63) is 35.9 Å². The first-order valence-corrected chi connectivity index (χ1v) is 6.87. The summed E-state index contributed by atoms with van der Waals surface area (Å²) in [6.45, 7) is 4.32. The third-order valence-corrected chi connectivity index (χ3v) is 3.82. The van der Waals surface area contributed by atoms with Crippen molar-refractivity contribution in [2.24, 2.45) is 0 Å². The van der Waals surface area contributed by atoms with Gasteiger partial charge in [0.25, 0.3) is 0 Å². The number of hydrogen-bond donors (Lipinski definition) is 1. The summed E-state index contributed by atoms with van der Waals surface area (Å²) in [7, 11) is 2.18. The largest absolute Gasteiger partial charge is 0.395 e. The Bertz CT molecular complexity index is 334. The molecule has 0 spiro atoms. The average molecular weight is 248 g/mol. The van der Waals surface area contributed by atoms with Crippen LogP contribution in [-0.4, -0.2) is 54.2 Å². The number of likely N-dealkylation sites (tertiary alicyclic amines) is 1. The number of nitrogens with zero attached hydrogens (tertiary/aromatic N) is 2. The average Bonchev–Trinajstić information content (AvgIpc) is 2.40. The number of rotatable bonds is 5. The Morgan fingerprint density at radius 3 is 2.50 bits per heavy atom. The van der Waals surface area contributed by atoms with Crippen LogP contribution in [0.15, 0.2) is 30.3 Å². The van der Waals surface area contributed by atoms with Gasteiger partial charge in [-0.15, -0.1) is 0 Å². The van der Waals surface area contributed by atoms with Crippen molar-refractivity contribution >= 4 is 0 Å². The molecule has 18 heavy (non-hydrogen) atoms. The predicted molar refractivity (Wildman–Crippen MR) is 74.5 cm³/mol. The fourth-order valence-corrected chi connectivity index (χ4v) is 2.70. The highest BCUT2D eigenvalue weighted by molar-refractivity contribution is 5.14. The maximum Gasteiger partial charge on any atom is 0.0558 e. The molecule has 3 nitrogen and oxygen atoms in total. The highest BCUT2D eigenvalue weighted by Gasteiger charge is 2.22. The maximum atomic E-state index is 9.25. The first kappa shape index (κ1) is 13.5. The van der Waals surface area contributed by atoms with Crippen LogP contribution in [0.3, 0.4) is 0 Å². The quantitative estimate of drug-likeness (QED) is 0.857. The van der Waals surface area contributed by atoms with Crippen molar-refractivity contribution in [2.75, 3.05) is 33.3 Å². The Kier molecular flexibility index (Phi) is 5.17. The second-order valence-corrected chi connectivity index (χ2v) is 5.21. The first-order chi connectivity index (χ1) is 8.79. The molecule has 1 aromatic carbocycles. The number of aliphatic hydroxyl groups is 1. The van der Waals surface area contributed by atoms with Crippen LogP contribution in [0.2, 0.25) is 0 Å². The van der Waals surface area contributed by atoms with Crippen LogP contribution in [0.5, 0.6) is 0 Å². The summed E-state index contributed by atoms with van der Waals surface area (Å²) in [6, 6.07) is 11.2. The van der Waals surface area contributed by atoms with Crippen LogP contribution in [0.1, 0.15) is 18.4 Å². The monoisotopic (exact) mass is 248 g/mol. The van der Waals surface area contributed by atoms with Crippen LogP contribution in [0.4, 0.5) is 0 Å². The topological polar surface area (TPSA) is 26.7 Å². The fourth-order valence-electron chi connectivity index (χ4n) is 2.70. The van der Waals surface area contributed by atoms with Gasteiger partial charge in [0, 0.05) is 19.1 Å². The molecule has 1 aliphatic rings. The molecule has 1 heterocycles. The Labute approximate surface area is 110 Å². The summed E-state index contributed by atoms with van der Waals surface area (Å²) in [5.41, 5.74) is 1.34. The van der Waals surface area contributed by atoms with E-state index in [2.05, 4.69) is 47.2 Å². The van der Waals surface area contributed by atoms with Crippen molar-refractivity contribution in [1.29, 1.82) is 0 Å². The Morgan fingerprint density at radius 1 is 1.22 bits per heavy atom. The molecule has 3 heteroatoms. The summed E-state index contributed by atoms with van der Waals surface area (Å²) < 4.78 is 0. The van der Waals surface area contributed by atoms with E-state index in [0.717, 1.165) is 13.1 Å². The number of aliphatic hydroxyl groups excluding tert-OH is 1. The van der Waals surface area contributed by atoms with Gasteiger partial charge in [0.05, 0.1) is 6.61 Å². The highest BCUT2D eigenvalue weighted by atomic mass is 16.3. The van der Waals surface area contributed by atoms with Crippen LogP contribution < -0.4 is 0 Å². The smallest absolute Gasteiger partial charge is 0.0558 e. The zero-order valence-electron chi connectivity index (χ0n) is 11.3. The molecule has 1 N–H and O–H groups in total. The Balaban J connectivity index is 1.95. The number of benzene rings is 1. The zero-order valence-corrected chi connectivity index (χ0v) is 11.3. The maximum absolute atomic E-state index is 9.25. The third kappa shape index (κ3) is 3.80. The summed E-state index contributed by atoms with van der Waals surface area (Å²) in [5.74, 6) is 0. The van der Waals surface area contributed by atoms with Crippen molar-refractivity contribution in [2.45, 2.75) is 25.4 Å². The van der Waals surface area contributed by atoms with E-state index in [1.54, 1.807) is 0 Å². The Hall–Kier alpha value is -0.900. The van der Waals surface area contributed by atoms with Gasteiger partial charge < -0.3 is 10.0 Å². The molecule has 1 saturated heterocycles. The second-order valence-electron chi connectivity index (χ2n) is 5.21. The van der Waals surface area contributed by atoms with Crippen molar-refractivity contribution < 1.29 is 5.11 Å². The molecule has 0 saturated carbocycles. The van der Waals surface area contributed by atoms with E-state index in [0.29, 0.717) is 6.04 Å². The van der Waals surface area contributed by atoms with E-state index in [9.17, 15) is 5.11 Å². The highest BCUT2D eigenvalue weighted by Crippen LogP contribution is 2.17. The molecular formula is C15H24N2O. The van der Waals surface area contributed by atoms with Crippen molar-refractivity contribution in [1.82, 2.24) is 9.80 Å². The molecule has 2 rings (SSSR count). The molecular weight excluding hydrogens is 224 g/mol. The van der Waals surface area contributed by atoms with E-state index in [1.807, 2.05) is 0 Å². The standard InChI is InChI=1S/C15H24N2O/c1-16-9-7-15(8-10-16)17(11-12-18)13-14-5-3-2-4-6-14/h2-6,15,18H,7-13H2,1H3. The minimum atomic E-state index is 0.249. The molecule has 0 unspecified atom stereocenters. The van der Waals surface area contributed by atoms with Crippen LogP contribution in [-0.2, 0) is 6.54 Å². The third-order valence-electron chi connectivity index (χ3n) is 3.82. The molecule has 1 fully saturated rings. The minimum absolute atomic E-state index is 0.249. The predicted octanol–water partition coefficient (Wildman–Crippen LogP) is 1.58. The second kappa shape index (κ2) is 6.88. The lowest BCUT2D eigenvalue weighted by Gasteiger charge is -2.37. The Morgan fingerprint density at radius 2 is 1.89 bits per heavy atom. The number of hydrogen-bond acceptors (Lipinski definition) is 3. The van der Waals surface area contributed by atoms with E-state index >= 15 is 0 Å². The van der Waals surface area contributed by atoms with Gasteiger partial charge in [0.15, 0.2) is 0 Å². The van der Waals surface area contributed by atoms with Crippen LogP contribution >= 0.6 is 0 Å². The van der Waals surface area contributed by atoms with Crippen molar-refractivity contribution in [3.8, 4) is 0 Å². The molecule has 0 atom stereocenters. The van der Waals surface area contributed by atoms with Gasteiger partial charge in [-0.3, -0.25) is 4.90 Å². The minimum Gasteiger partial charge on any atom is -0.395 e. The summed E-state index contributed by atoms with van der Waals surface area (Å²) in [5, 5.41) is 9.25. The lowest BCUT2D eigenvalue weighted by molar-refractivity contribution is 0.0941. The summed E-state index contributed by atoms with van der Waals surface area (Å²) in [6.07, 6.45) is 2.42. The van der Waals surface area contributed by atoms with Gasteiger partial charge in [-0.2, -0.15) is 0 Å². The fraction of sp³-hybridized carbons (Fsp3) is 0.600. The van der Waals surface area contributed by atoms with Gasteiger partial charge >= 0.3 is 0 Å². The molecule has 0 aromatic heterocycles. The zero-order chi connectivity index (χ0) is 12.8. The molecule has 100 valence electrons. The molecule has 0 amide bonds. The molecule has 1 aliphatic heterocycles. The van der Waals surface area contributed by atoms with Gasteiger partial charge in [0.1, 0.15) is 0 Å². The van der Waals surface area contributed by atoms with Gasteiger partial charge in [-0.05, 0) is 38.5 Å². The first-order valence-electron chi connectivity index (χ1n) is 6.87. The number of piperidine rings is 1. The lowest BCUT2D eigenvalue weighted by atomic mass is 10.0. The van der Waals surface area contributed by atoms with Gasteiger partial charge in [-0.1, -0.05) is 30.3 Å². The SMILES string of the molecule is CN1CCC(N(CCO)Cc2ccccc2)CC1. The molecule has 0 radical (unpaired) electrons. The summed E-state index contributed by atoms with van der Waals surface area (Å²) >= 11 is 0. The van der Waals surface area contributed by atoms with Gasteiger partial charge in [0.2, 0.25) is 0 Å².